The van der Waals surface area contributed by atoms with Gasteiger partial charge in [-0.15, -0.1) is 0 Å². The van der Waals surface area contributed by atoms with E-state index < -0.39 is 10.4 Å². The van der Waals surface area contributed by atoms with Crippen LogP contribution in [0.4, 0.5) is 0 Å². The Bertz CT molecular complexity index is 581. The standard InChI is InChI=1S/C26H46O.H2O4S/c1-2-3-4-5-6-7-8-9-10-11-12-13-14-15-16-17-18-22-25-27-26-23-20-19-21-24-26;1-5(2,3)4/h19-21,23-24H,2-18,22,25H2,1H3;(H2,1,2,3,4). The Morgan fingerprint density at radius 3 is 1.25 bits per heavy atom. The highest BCUT2D eigenvalue weighted by atomic mass is 32.3. The van der Waals surface area contributed by atoms with Crippen molar-refractivity contribution in [1.82, 2.24) is 0 Å². The van der Waals surface area contributed by atoms with Crippen LogP contribution >= 0.6 is 0 Å². The molecule has 0 fully saturated rings. The van der Waals surface area contributed by atoms with Crippen molar-refractivity contribution in [2.45, 2.75) is 122 Å². The van der Waals surface area contributed by atoms with E-state index in [1.54, 1.807) is 0 Å². The third-order valence-corrected chi connectivity index (χ3v) is 5.51. The van der Waals surface area contributed by atoms with Crippen LogP contribution in [0.25, 0.3) is 0 Å². The molecule has 0 atom stereocenters. The van der Waals surface area contributed by atoms with Crippen molar-refractivity contribution in [2.24, 2.45) is 0 Å². The van der Waals surface area contributed by atoms with Gasteiger partial charge in [0.25, 0.3) is 0 Å². The fraction of sp³-hybridized carbons (Fsp3) is 0.769. The predicted molar refractivity (Wildman–Crippen MR) is 135 cm³/mol. The summed E-state index contributed by atoms with van der Waals surface area (Å²) in [6.45, 7) is 3.16. The van der Waals surface area contributed by atoms with E-state index in [1.165, 1.54) is 116 Å². The first kappa shape index (κ1) is 30.9. The number of hydrogen-bond donors (Lipinski definition) is 2. The van der Waals surface area contributed by atoms with Gasteiger partial charge in [0.2, 0.25) is 0 Å². The molecule has 2 N–H and O–H groups in total. The lowest BCUT2D eigenvalue weighted by Gasteiger charge is -2.06. The average molecular weight is 473 g/mol. The monoisotopic (exact) mass is 472 g/mol. The summed E-state index contributed by atoms with van der Waals surface area (Å²) in [7, 11) is -4.67. The first-order valence-electron chi connectivity index (χ1n) is 12.8. The molecule has 0 aliphatic rings. The molecule has 0 bridgehead atoms. The minimum Gasteiger partial charge on any atom is -0.494 e. The second-order valence-corrected chi connectivity index (χ2v) is 9.52. The molecule has 0 saturated carbocycles. The van der Waals surface area contributed by atoms with Crippen LogP contribution in [0.15, 0.2) is 30.3 Å². The largest absolute Gasteiger partial charge is 0.494 e. The van der Waals surface area contributed by atoms with E-state index in [0.717, 1.165) is 12.4 Å². The summed E-state index contributed by atoms with van der Waals surface area (Å²) in [5.41, 5.74) is 0. The zero-order valence-electron chi connectivity index (χ0n) is 20.3. The van der Waals surface area contributed by atoms with Gasteiger partial charge >= 0.3 is 10.4 Å². The fourth-order valence-electron chi connectivity index (χ4n) is 3.71. The van der Waals surface area contributed by atoms with E-state index in [1.807, 2.05) is 30.3 Å². The van der Waals surface area contributed by atoms with Crippen LogP contribution in [0.1, 0.15) is 122 Å². The summed E-state index contributed by atoms with van der Waals surface area (Å²) >= 11 is 0. The SMILES string of the molecule is CCCCCCCCCCCCCCCCCCCCOc1ccccc1.O=S(=O)(O)O. The Morgan fingerprint density at radius 1 is 0.594 bits per heavy atom. The molecule has 6 heteroatoms. The van der Waals surface area contributed by atoms with Gasteiger partial charge in [0.05, 0.1) is 6.61 Å². The van der Waals surface area contributed by atoms with Gasteiger partial charge in [-0.1, -0.05) is 134 Å². The molecule has 0 unspecified atom stereocenters. The highest BCUT2D eigenvalue weighted by Crippen LogP contribution is 2.14. The summed E-state index contributed by atoms with van der Waals surface area (Å²) in [6.07, 6.45) is 25.6. The number of benzene rings is 1. The number of unbranched alkanes of at least 4 members (excludes halogenated alkanes) is 17. The highest BCUT2D eigenvalue weighted by molar-refractivity contribution is 7.79. The van der Waals surface area contributed by atoms with E-state index >= 15 is 0 Å². The predicted octanol–water partition coefficient (Wildman–Crippen LogP) is 8.45. The molecule has 0 heterocycles. The van der Waals surface area contributed by atoms with E-state index in [-0.39, 0.29) is 0 Å². The van der Waals surface area contributed by atoms with Gasteiger partial charge in [0.1, 0.15) is 5.75 Å². The highest BCUT2D eigenvalue weighted by Gasteiger charge is 1.96. The van der Waals surface area contributed by atoms with Crippen molar-refractivity contribution in [3.05, 3.63) is 30.3 Å². The molecule has 1 aromatic carbocycles. The van der Waals surface area contributed by atoms with Gasteiger partial charge in [-0.2, -0.15) is 8.42 Å². The third-order valence-electron chi connectivity index (χ3n) is 5.51. The maximum absolute atomic E-state index is 8.74. The molecule has 32 heavy (non-hydrogen) atoms. The molecule has 1 aromatic rings. The molecule has 0 radical (unpaired) electrons. The third kappa shape index (κ3) is 28.9. The zero-order chi connectivity index (χ0) is 23.8. The van der Waals surface area contributed by atoms with Crippen molar-refractivity contribution in [3.8, 4) is 5.75 Å². The minimum absolute atomic E-state index is 0.864. The lowest BCUT2D eigenvalue weighted by molar-refractivity contribution is 0.304. The van der Waals surface area contributed by atoms with Gasteiger partial charge in [-0.25, -0.2) is 0 Å². The summed E-state index contributed by atoms with van der Waals surface area (Å²) < 4.78 is 37.3. The molecule has 5 nitrogen and oxygen atoms in total. The van der Waals surface area contributed by atoms with E-state index in [0.29, 0.717) is 0 Å². The molecule has 0 amide bonds. The van der Waals surface area contributed by atoms with Gasteiger partial charge in [0.15, 0.2) is 0 Å². The molecular weight excluding hydrogens is 424 g/mol. The number of ether oxygens (including phenoxy) is 1. The van der Waals surface area contributed by atoms with Crippen LogP contribution in [0, 0.1) is 0 Å². The van der Waals surface area contributed by atoms with E-state index in [4.69, 9.17) is 22.3 Å². The topological polar surface area (TPSA) is 83.8 Å². The first-order chi connectivity index (χ1) is 15.4. The minimum atomic E-state index is -4.67. The molecule has 188 valence electrons. The van der Waals surface area contributed by atoms with Crippen molar-refractivity contribution in [3.63, 3.8) is 0 Å². The molecule has 0 aromatic heterocycles. The maximum Gasteiger partial charge on any atom is 0.394 e. The molecule has 0 saturated heterocycles. The maximum atomic E-state index is 8.74. The van der Waals surface area contributed by atoms with E-state index in [2.05, 4.69) is 6.92 Å². The normalized spacial score (nSPS) is 11.1. The van der Waals surface area contributed by atoms with Crippen molar-refractivity contribution in [2.75, 3.05) is 6.61 Å². The smallest absolute Gasteiger partial charge is 0.394 e. The number of rotatable bonds is 20. The Morgan fingerprint density at radius 2 is 0.906 bits per heavy atom. The van der Waals surface area contributed by atoms with Crippen LogP contribution in [-0.2, 0) is 10.4 Å². The molecule has 0 aliphatic heterocycles. The van der Waals surface area contributed by atoms with Gasteiger partial charge in [-0.3, -0.25) is 9.11 Å². The molecular formula is C26H48O5S. The second kappa shape index (κ2) is 23.1. The summed E-state index contributed by atoms with van der Waals surface area (Å²) in [4.78, 5) is 0. The van der Waals surface area contributed by atoms with E-state index in [9.17, 15) is 0 Å². The second-order valence-electron chi connectivity index (χ2n) is 8.62. The number of hydrogen-bond acceptors (Lipinski definition) is 3. The van der Waals surface area contributed by atoms with Crippen LogP contribution in [0.3, 0.4) is 0 Å². The van der Waals surface area contributed by atoms with Crippen molar-refractivity contribution >= 4 is 10.4 Å². The van der Waals surface area contributed by atoms with Crippen molar-refractivity contribution < 1.29 is 22.3 Å². The Hall–Kier alpha value is -1.11. The molecule has 1 rings (SSSR count). The van der Waals surface area contributed by atoms with Crippen molar-refractivity contribution in [1.29, 1.82) is 0 Å². The summed E-state index contributed by atoms with van der Waals surface area (Å²) in [6, 6.07) is 10.2. The fourth-order valence-corrected chi connectivity index (χ4v) is 3.71. The van der Waals surface area contributed by atoms with Gasteiger partial charge in [0, 0.05) is 0 Å². The Kier molecular flexibility index (Phi) is 22.3. The van der Waals surface area contributed by atoms with Crippen LogP contribution in [-0.4, -0.2) is 24.1 Å². The van der Waals surface area contributed by atoms with Crippen LogP contribution in [0.5, 0.6) is 5.75 Å². The number of para-hydroxylation sites is 1. The average Bonchev–Trinajstić information content (AvgIpc) is 2.75. The first-order valence-corrected chi connectivity index (χ1v) is 14.2. The summed E-state index contributed by atoms with van der Waals surface area (Å²) in [5, 5.41) is 0. The van der Waals surface area contributed by atoms with Gasteiger partial charge < -0.3 is 4.74 Å². The molecule has 0 aliphatic carbocycles. The lowest BCUT2D eigenvalue weighted by Crippen LogP contribution is -1.96. The van der Waals surface area contributed by atoms with Gasteiger partial charge in [-0.05, 0) is 18.6 Å². The van der Waals surface area contributed by atoms with Crippen LogP contribution in [0.2, 0.25) is 0 Å². The molecule has 0 spiro atoms. The Labute approximate surface area is 197 Å². The Balaban J connectivity index is 0.00000172. The summed E-state index contributed by atoms with van der Waals surface area (Å²) in [5.74, 6) is 1.00. The zero-order valence-corrected chi connectivity index (χ0v) is 21.2. The quantitative estimate of drug-likeness (QED) is 0.147. The lowest BCUT2D eigenvalue weighted by atomic mass is 10.0. The van der Waals surface area contributed by atoms with Crippen LogP contribution < -0.4 is 4.74 Å².